The molecule has 2 aromatic carbocycles. The van der Waals surface area contributed by atoms with Crippen molar-refractivity contribution in [3.8, 4) is 11.5 Å². The van der Waals surface area contributed by atoms with Crippen LogP contribution in [0.15, 0.2) is 48.7 Å². The molecule has 0 aliphatic carbocycles. The summed E-state index contributed by atoms with van der Waals surface area (Å²) in [6.45, 7) is 1.86. The summed E-state index contributed by atoms with van der Waals surface area (Å²) in [6.07, 6.45) is 2.76. The van der Waals surface area contributed by atoms with Crippen molar-refractivity contribution >= 4 is 0 Å². The molecule has 1 unspecified atom stereocenters. The van der Waals surface area contributed by atoms with E-state index in [9.17, 15) is 13.2 Å². The van der Waals surface area contributed by atoms with E-state index in [-0.39, 0.29) is 5.56 Å². The van der Waals surface area contributed by atoms with Crippen molar-refractivity contribution in [1.29, 1.82) is 0 Å². The van der Waals surface area contributed by atoms with Gasteiger partial charge in [0.25, 0.3) is 0 Å². The molecule has 0 saturated carbocycles. The van der Waals surface area contributed by atoms with Crippen molar-refractivity contribution < 1.29 is 22.6 Å². The molecule has 4 nitrogen and oxygen atoms in total. The molecule has 0 spiro atoms. The molecule has 2 heterocycles. The quantitative estimate of drug-likeness (QED) is 0.553. The lowest BCUT2D eigenvalue weighted by Crippen LogP contribution is -2.30. The molecule has 3 aromatic rings. The molecule has 0 saturated heterocycles. The minimum atomic E-state index is -1.19. The van der Waals surface area contributed by atoms with Crippen LogP contribution in [-0.4, -0.2) is 30.2 Å². The van der Waals surface area contributed by atoms with Gasteiger partial charge in [0.05, 0.1) is 20.3 Å². The summed E-state index contributed by atoms with van der Waals surface area (Å²) in [5, 5.41) is 0. The summed E-state index contributed by atoms with van der Waals surface area (Å²) in [5.74, 6) is -1.69. The van der Waals surface area contributed by atoms with Crippen LogP contribution in [0.4, 0.5) is 13.2 Å². The molecule has 0 amide bonds. The Bertz CT molecular complexity index is 1050. The van der Waals surface area contributed by atoms with Crippen LogP contribution >= 0.6 is 0 Å². The van der Waals surface area contributed by atoms with Crippen LogP contribution in [-0.2, 0) is 13.1 Å². The molecule has 1 aromatic heterocycles. The predicted molar refractivity (Wildman–Crippen MR) is 107 cm³/mol. The zero-order valence-electron chi connectivity index (χ0n) is 16.9. The average Bonchev–Trinajstić information content (AvgIpc) is 3.13. The molecule has 1 aliphatic rings. The highest BCUT2D eigenvalue weighted by Gasteiger charge is 2.31. The lowest BCUT2D eigenvalue weighted by molar-refractivity contribution is 0.213. The molecule has 7 heteroatoms. The lowest BCUT2D eigenvalue weighted by Gasteiger charge is -2.31. The highest BCUT2D eigenvalue weighted by atomic mass is 19.2. The number of ether oxygens (including phenoxy) is 2. The highest BCUT2D eigenvalue weighted by molar-refractivity contribution is 5.41. The van der Waals surface area contributed by atoms with Gasteiger partial charge in [0, 0.05) is 54.8 Å². The standard InChI is InChI=1S/C23H23F3N2O2/c1-29-16-7-6-15(22(11-16)30-2)14-28-10-4-9-27-8-3-5-21(27)23(28)17-12-19(25)20(26)13-18(17)24/h3,5-8,11-13,23H,4,9-10,14H2,1-2H3. The first kappa shape index (κ1) is 20.3. The number of rotatable bonds is 5. The van der Waals surface area contributed by atoms with Crippen molar-refractivity contribution in [3.63, 3.8) is 0 Å². The third kappa shape index (κ3) is 3.77. The first-order chi connectivity index (χ1) is 14.5. The Morgan fingerprint density at radius 3 is 2.50 bits per heavy atom. The summed E-state index contributed by atoms with van der Waals surface area (Å²) in [5.41, 5.74) is 1.85. The molecule has 158 valence electrons. The average molecular weight is 416 g/mol. The smallest absolute Gasteiger partial charge is 0.161 e. The van der Waals surface area contributed by atoms with E-state index in [0.717, 1.165) is 30.3 Å². The molecular weight excluding hydrogens is 393 g/mol. The number of benzene rings is 2. The fraction of sp³-hybridized carbons (Fsp3) is 0.304. The SMILES string of the molecule is COc1ccc(CN2CCCn3cccc3C2c2cc(F)c(F)cc2F)c(OC)c1. The normalized spacial score (nSPS) is 16.8. The van der Waals surface area contributed by atoms with Crippen LogP contribution in [0.2, 0.25) is 0 Å². The van der Waals surface area contributed by atoms with E-state index in [2.05, 4.69) is 4.90 Å². The van der Waals surface area contributed by atoms with Gasteiger partial charge in [0.2, 0.25) is 0 Å². The van der Waals surface area contributed by atoms with Crippen molar-refractivity contribution in [2.45, 2.75) is 25.6 Å². The third-order valence-corrected chi connectivity index (χ3v) is 5.56. The predicted octanol–water partition coefficient (Wildman–Crippen LogP) is 4.92. The molecule has 1 aliphatic heterocycles. The van der Waals surface area contributed by atoms with Crippen LogP contribution in [0.3, 0.4) is 0 Å². The van der Waals surface area contributed by atoms with E-state index in [4.69, 9.17) is 9.47 Å². The summed E-state index contributed by atoms with van der Waals surface area (Å²) < 4.78 is 55.3. The summed E-state index contributed by atoms with van der Waals surface area (Å²) in [6, 6.07) is 10.3. The Labute approximate surface area is 173 Å². The second kappa shape index (κ2) is 8.44. The van der Waals surface area contributed by atoms with Crippen molar-refractivity contribution in [3.05, 3.63) is 82.9 Å². The molecular formula is C23H23F3N2O2. The fourth-order valence-electron chi connectivity index (χ4n) is 4.11. The topological polar surface area (TPSA) is 26.6 Å². The molecule has 1 atom stereocenters. The van der Waals surface area contributed by atoms with Gasteiger partial charge < -0.3 is 14.0 Å². The van der Waals surface area contributed by atoms with Crippen molar-refractivity contribution in [2.24, 2.45) is 0 Å². The van der Waals surface area contributed by atoms with E-state index in [1.54, 1.807) is 20.3 Å². The Kier molecular flexibility index (Phi) is 5.72. The van der Waals surface area contributed by atoms with Gasteiger partial charge in [0.15, 0.2) is 11.6 Å². The van der Waals surface area contributed by atoms with E-state index in [1.807, 2.05) is 35.0 Å². The van der Waals surface area contributed by atoms with Crippen molar-refractivity contribution in [1.82, 2.24) is 9.47 Å². The van der Waals surface area contributed by atoms with Crippen LogP contribution < -0.4 is 9.47 Å². The third-order valence-electron chi connectivity index (χ3n) is 5.56. The Balaban J connectivity index is 1.79. The summed E-state index contributed by atoms with van der Waals surface area (Å²) in [4.78, 5) is 2.07. The highest BCUT2D eigenvalue weighted by Crippen LogP contribution is 2.36. The number of methoxy groups -OCH3 is 2. The van der Waals surface area contributed by atoms with E-state index >= 15 is 0 Å². The number of fused-ring (bicyclic) bond motifs is 1. The van der Waals surface area contributed by atoms with Gasteiger partial charge in [0.1, 0.15) is 17.3 Å². The first-order valence-electron chi connectivity index (χ1n) is 9.76. The van der Waals surface area contributed by atoms with Gasteiger partial charge in [-0.25, -0.2) is 13.2 Å². The van der Waals surface area contributed by atoms with Gasteiger partial charge in [-0.05, 0) is 30.7 Å². The van der Waals surface area contributed by atoms with E-state index < -0.39 is 23.5 Å². The zero-order chi connectivity index (χ0) is 21.3. The largest absolute Gasteiger partial charge is 0.497 e. The molecule has 0 bridgehead atoms. The van der Waals surface area contributed by atoms with Gasteiger partial charge in [-0.2, -0.15) is 0 Å². The van der Waals surface area contributed by atoms with Gasteiger partial charge in [-0.15, -0.1) is 0 Å². The maximum absolute atomic E-state index is 14.8. The Hall–Kier alpha value is -2.93. The molecule has 30 heavy (non-hydrogen) atoms. The zero-order valence-corrected chi connectivity index (χ0v) is 16.9. The van der Waals surface area contributed by atoms with Gasteiger partial charge in [-0.1, -0.05) is 6.07 Å². The number of aryl methyl sites for hydroxylation is 1. The second-order valence-corrected chi connectivity index (χ2v) is 7.32. The Morgan fingerprint density at radius 1 is 0.933 bits per heavy atom. The van der Waals surface area contributed by atoms with Crippen molar-refractivity contribution in [2.75, 3.05) is 20.8 Å². The number of hydrogen-bond acceptors (Lipinski definition) is 3. The van der Waals surface area contributed by atoms with E-state index in [1.165, 1.54) is 0 Å². The lowest BCUT2D eigenvalue weighted by atomic mass is 9.99. The fourth-order valence-corrected chi connectivity index (χ4v) is 4.11. The minimum Gasteiger partial charge on any atom is -0.497 e. The maximum atomic E-state index is 14.8. The summed E-state index contributed by atoms with van der Waals surface area (Å²) in [7, 11) is 3.16. The monoisotopic (exact) mass is 416 g/mol. The molecule has 0 N–H and O–H groups in total. The molecule has 0 radical (unpaired) electrons. The number of halogens is 3. The maximum Gasteiger partial charge on any atom is 0.161 e. The van der Waals surface area contributed by atoms with Crippen LogP contribution in [0.5, 0.6) is 11.5 Å². The van der Waals surface area contributed by atoms with Crippen LogP contribution in [0, 0.1) is 17.5 Å². The number of hydrogen-bond donors (Lipinski definition) is 0. The van der Waals surface area contributed by atoms with Crippen LogP contribution in [0.25, 0.3) is 0 Å². The van der Waals surface area contributed by atoms with E-state index in [0.29, 0.717) is 30.7 Å². The van der Waals surface area contributed by atoms with Crippen LogP contribution in [0.1, 0.15) is 29.3 Å². The van der Waals surface area contributed by atoms with Gasteiger partial charge in [-0.3, -0.25) is 4.90 Å². The number of aromatic nitrogens is 1. The second-order valence-electron chi connectivity index (χ2n) is 7.32. The minimum absolute atomic E-state index is 0.114. The molecule has 4 rings (SSSR count). The summed E-state index contributed by atoms with van der Waals surface area (Å²) >= 11 is 0. The number of nitrogens with zero attached hydrogens (tertiary/aromatic N) is 2. The Morgan fingerprint density at radius 2 is 1.73 bits per heavy atom. The van der Waals surface area contributed by atoms with Gasteiger partial charge >= 0.3 is 0 Å². The molecule has 0 fully saturated rings. The first-order valence-corrected chi connectivity index (χ1v) is 9.76.